The van der Waals surface area contributed by atoms with Gasteiger partial charge >= 0.3 is 66.0 Å². The summed E-state index contributed by atoms with van der Waals surface area (Å²) in [7, 11) is -0.500. The van der Waals surface area contributed by atoms with E-state index in [1.54, 1.807) is 0 Å². The third-order valence-electron chi connectivity index (χ3n) is 0. The zero-order valence-electron chi connectivity index (χ0n) is 2.60. The van der Waals surface area contributed by atoms with E-state index in [1.165, 1.54) is 0 Å². The minimum atomic E-state index is -0.500. The Balaban J connectivity index is -0.0000000200. The Bertz CT molecular complexity index is 14.4. The zero-order chi connectivity index (χ0) is 2.71. The largest absolute Gasteiger partial charge is 2.00 e. The standard InChI is InChI=1S/BO2.Ba.H2O/c2-1-3;;/h;;1H2/q-1;+2;. The summed E-state index contributed by atoms with van der Waals surface area (Å²) in [5.74, 6) is 0. The first-order chi connectivity index (χ1) is 1.41. The van der Waals surface area contributed by atoms with Gasteiger partial charge in [0.15, 0.2) is 0 Å². The molecule has 0 aromatic carbocycles. The fraction of sp³-hybridized carbons (Fsp3) is 0. The Morgan fingerprint density at radius 1 is 1.60 bits per heavy atom. The van der Waals surface area contributed by atoms with Crippen molar-refractivity contribution in [2.24, 2.45) is 0 Å². The second-order valence-electron chi connectivity index (χ2n) is 0.0962. The first kappa shape index (κ1) is 16.4. The fourth-order valence-electron chi connectivity index (χ4n) is 0. The molecule has 0 aliphatic carbocycles. The van der Waals surface area contributed by atoms with Crippen LogP contribution in [-0.4, -0.2) is 61.7 Å². The molecule has 0 radical (unpaired) electrons. The van der Waals surface area contributed by atoms with Gasteiger partial charge in [-0.15, -0.1) is 0 Å². The third-order valence-corrected chi connectivity index (χ3v) is 0. The smallest absolute Gasteiger partial charge is 2.00 e. The summed E-state index contributed by atoms with van der Waals surface area (Å²) in [5.41, 5.74) is 0. The average molecular weight is 198 g/mol. The Kier molecular flexibility index (Phi) is 62.1. The third kappa shape index (κ3) is 37.1. The topological polar surface area (TPSA) is 71.6 Å². The number of hydrogen-bond acceptors (Lipinski definition) is 2. The molecule has 24 valence electrons. The van der Waals surface area contributed by atoms with Gasteiger partial charge in [0.2, 0.25) is 0 Å². The van der Waals surface area contributed by atoms with E-state index in [9.17, 15) is 0 Å². The molecule has 0 aliphatic rings. The molecule has 0 aromatic rings. The van der Waals surface area contributed by atoms with Gasteiger partial charge in [0.05, 0.1) is 0 Å². The molecular formula is H2BBaO3+. The molecule has 0 aliphatic heterocycles. The van der Waals surface area contributed by atoms with E-state index in [1.807, 2.05) is 0 Å². The van der Waals surface area contributed by atoms with Crippen LogP contribution in [0, 0.1) is 0 Å². The average Bonchev–Trinajstić information content (AvgIpc) is 0.918. The molecule has 0 saturated heterocycles. The van der Waals surface area contributed by atoms with Gasteiger partial charge in [0, 0.05) is 0 Å². The van der Waals surface area contributed by atoms with Crippen molar-refractivity contribution < 1.29 is 15.2 Å². The summed E-state index contributed by atoms with van der Waals surface area (Å²) < 4.78 is 8.25. The Morgan fingerprint density at radius 2 is 1.60 bits per heavy atom. The van der Waals surface area contributed by atoms with E-state index in [2.05, 4.69) is 0 Å². The predicted octanol–water partition coefficient (Wildman–Crippen LogP) is -2.89. The predicted molar refractivity (Wildman–Crippen MR) is 15.8 cm³/mol. The summed E-state index contributed by atoms with van der Waals surface area (Å²) in [6.07, 6.45) is 0. The van der Waals surface area contributed by atoms with Gasteiger partial charge < -0.3 is 5.48 Å². The summed E-state index contributed by atoms with van der Waals surface area (Å²) in [6.45, 7) is 0. The molecule has 0 fully saturated rings. The van der Waals surface area contributed by atoms with E-state index in [4.69, 9.17) is 9.73 Å². The van der Waals surface area contributed by atoms with Gasteiger partial charge in [-0.2, -0.15) is 0 Å². The maximum absolute atomic E-state index is 8.25. The van der Waals surface area contributed by atoms with Crippen LogP contribution in [0.3, 0.4) is 0 Å². The molecule has 5 heteroatoms. The first-order valence-corrected chi connectivity index (χ1v) is 0.471. The molecule has 0 amide bonds. The van der Waals surface area contributed by atoms with Crippen molar-refractivity contribution in [3.8, 4) is 0 Å². The molecule has 0 aromatic heterocycles. The van der Waals surface area contributed by atoms with E-state index < -0.39 is 7.35 Å². The van der Waals surface area contributed by atoms with Crippen molar-refractivity contribution in [3.05, 3.63) is 0 Å². The molecule has 0 spiro atoms. The molecule has 0 rings (SSSR count). The summed E-state index contributed by atoms with van der Waals surface area (Å²) in [6, 6.07) is 0. The SMILES string of the molecule is O.O=B[O-].[Ba+2]. The van der Waals surface area contributed by atoms with E-state index >= 15 is 0 Å². The van der Waals surface area contributed by atoms with Gasteiger partial charge in [0.25, 0.3) is 0 Å². The minimum absolute atomic E-state index is 0. The van der Waals surface area contributed by atoms with Crippen LogP contribution in [0.2, 0.25) is 0 Å². The van der Waals surface area contributed by atoms with Crippen LogP contribution in [-0.2, 0) is 4.70 Å². The number of hydrogen-bond donors (Lipinski definition) is 0. The van der Waals surface area contributed by atoms with E-state index in [0.717, 1.165) is 0 Å². The van der Waals surface area contributed by atoms with Crippen molar-refractivity contribution in [2.45, 2.75) is 0 Å². The van der Waals surface area contributed by atoms with Crippen LogP contribution in [0.1, 0.15) is 0 Å². The van der Waals surface area contributed by atoms with Crippen LogP contribution in [0.4, 0.5) is 0 Å². The van der Waals surface area contributed by atoms with Crippen LogP contribution in [0.15, 0.2) is 0 Å². The van der Waals surface area contributed by atoms with Gasteiger partial charge in [-0.05, 0) is 0 Å². The molecule has 5 heavy (non-hydrogen) atoms. The van der Waals surface area contributed by atoms with Crippen molar-refractivity contribution >= 4 is 56.2 Å². The van der Waals surface area contributed by atoms with Gasteiger partial charge in [-0.3, -0.25) is 0 Å². The minimum Gasteiger partial charge on any atom is 2.00 e. The van der Waals surface area contributed by atoms with Crippen LogP contribution in [0.5, 0.6) is 0 Å². The van der Waals surface area contributed by atoms with E-state index in [0.29, 0.717) is 0 Å². The van der Waals surface area contributed by atoms with Crippen LogP contribution < -0.4 is 5.02 Å². The summed E-state index contributed by atoms with van der Waals surface area (Å²) in [5, 5.41) is 8.25. The van der Waals surface area contributed by atoms with Gasteiger partial charge in [-0.1, -0.05) is 0 Å². The quantitative estimate of drug-likeness (QED) is 0.392. The van der Waals surface area contributed by atoms with Crippen LogP contribution >= 0.6 is 0 Å². The molecule has 0 saturated carbocycles. The zero-order valence-corrected chi connectivity index (χ0v) is 7.04. The second kappa shape index (κ2) is 19.0. The second-order valence-corrected chi connectivity index (χ2v) is 0.0962. The van der Waals surface area contributed by atoms with Crippen molar-refractivity contribution in [2.75, 3.05) is 0 Å². The molecule has 0 heterocycles. The van der Waals surface area contributed by atoms with Crippen molar-refractivity contribution in [1.82, 2.24) is 0 Å². The summed E-state index contributed by atoms with van der Waals surface area (Å²) >= 11 is 0. The maximum Gasteiger partial charge on any atom is 2.00 e. The molecule has 3 nitrogen and oxygen atoms in total. The Hall–Kier alpha value is 1.20. The Morgan fingerprint density at radius 3 is 1.60 bits per heavy atom. The van der Waals surface area contributed by atoms with Gasteiger partial charge in [-0.25, -0.2) is 0 Å². The van der Waals surface area contributed by atoms with Crippen molar-refractivity contribution in [1.29, 1.82) is 0 Å². The molecule has 2 N–H and O–H groups in total. The number of rotatable bonds is 0. The first-order valence-electron chi connectivity index (χ1n) is 0.471. The molecule has 0 unspecified atom stereocenters. The molecular weight excluding hydrogens is 196 g/mol. The molecule has 0 bridgehead atoms. The van der Waals surface area contributed by atoms with Gasteiger partial charge in [0.1, 0.15) is 0 Å². The normalized spacial score (nSPS) is 1.60. The van der Waals surface area contributed by atoms with Crippen LogP contribution in [0.25, 0.3) is 0 Å². The summed E-state index contributed by atoms with van der Waals surface area (Å²) in [4.78, 5) is 0. The Labute approximate surface area is 70.4 Å². The monoisotopic (exact) mass is 199 g/mol. The fourth-order valence-corrected chi connectivity index (χ4v) is 0. The maximum atomic E-state index is 8.25. The van der Waals surface area contributed by atoms with Crippen molar-refractivity contribution in [3.63, 3.8) is 0 Å². The van der Waals surface area contributed by atoms with E-state index in [-0.39, 0.29) is 54.4 Å². The molecule has 0 atom stereocenters.